The van der Waals surface area contributed by atoms with Crippen LogP contribution in [0.2, 0.25) is 0 Å². The molecule has 0 aliphatic carbocycles. The quantitative estimate of drug-likeness (QED) is 0.667. The number of carboxylic acid groups (broad SMARTS) is 1. The molecule has 0 radical (unpaired) electrons. The molecule has 29 heavy (non-hydrogen) atoms. The van der Waals surface area contributed by atoms with Crippen LogP contribution in [0.5, 0.6) is 0 Å². The minimum absolute atomic E-state index is 0.0362. The molecule has 2 N–H and O–H groups in total. The highest BCUT2D eigenvalue weighted by Crippen LogP contribution is 2.29. The van der Waals surface area contributed by atoms with Crippen LogP contribution >= 0.6 is 0 Å². The summed E-state index contributed by atoms with van der Waals surface area (Å²) in [6, 6.07) is 8.14. The van der Waals surface area contributed by atoms with Crippen LogP contribution in [0.1, 0.15) is 40.0 Å². The molecular weight excluding hydrogens is 390 g/mol. The van der Waals surface area contributed by atoms with E-state index in [9.17, 15) is 18.3 Å². The Labute approximate surface area is 172 Å². The van der Waals surface area contributed by atoms with Crippen LogP contribution in [0.25, 0.3) is 10.9 Å². The van der Waals surface area contributed by atoms with E-state index >= 15 is 0 Å². The van der Waals surface area contributed by atoms with Crippen molar-refractivity contribution in [1.29, 1.82) is 0 Å². The van der Waals surface area contributed by atoms with Crippen molar-refractivity contribution in [2.24, 2.45) is 5.92 Å². The van der Waals surface area contributed by atoms with Crippen molar-refractivity contribution < 1.29 is 22.8 Å². The lowest BCUT2D eigenvalue weighted by Crippen LogP contribution is -2.60. The summed E-state index contributed by atoms with van der Waals surface area (Å²) >= 11 is 0. The number of pyridine rings is 1. The van der Waals surface area contributed by atoms with E-state index in [1.54, 1.807) is 24.4 Å². The number of hydrogen-bond acceptors (Lipinski definition) is 4. The lowest BCUT2D eigenvalue weighted by molar-refractivity contribution is -0.868. The van der Waals surface area contributed by atoms with Gasteiger partial charge in [-0.25, -0.2) is 17.6 Å². The Bertz CT molecular complexity index is 987. The minimum atomic E-state index is -3.86. The summed E-state index contributed by atoms with van der Waals surface area (Å²) in [5.74, 6) is 0.222. The van der Waals surface area contributed by atoms with E-state index in [1.165, 1.54) is 0 Å². The number of para-hydroxylation sites is 1. The van der Waals surface area contributed by atoms with Gasteiger partial charge in [0, 0.05) is 24.4 Å². The second-order valence-electron chi connectivity index (χ2n) is 8.49. The Morgan fingerprint density at radius 3 is 2.66 bits per heavy atom. The Balaban J connectivity index is 1.94. The largest absolute Gasteiger partial charge is 0.513 e. The van der Waals surface area contributed by atoms with Gasteiger partial charge in [-0.15, -0.1) is 0 Å². The van der Waals surface area contributed by atoms with Crippen LogP contribution in [0.15, 0.2) is 41.4 Å². The summed E-state index contributed by atoms with van der Waals surface area (Å²) in [5, 5.41) is 10.7. The predicted molar refractivity (Wildman–Crippen MR) is 112 cm³/mol. The van der Waals surface area contributed by atoms with Gasteiger partial charge in [-0.3, -0.25) is 4.98 Å². The third kappa shape index (κ3) is 4.44. The second-order valence-corrected chi connectivity index (χ2v) is 10.2. The smallest absolute Gasteiger partial charge is 0.435 e. The summed E-state index contributed by atoms with van der Waals surface area (Å²) in [5.41, 5.74) is 0.419. The third-order valence-electron chi connectivity index (χ3n) is 5.91. The van der Waals surface area contributed by atoms with E-state index in [0.29, 0.717) is 18.5 Å². The molecule has 2 aromatic rings. The highest BCUT2D eigenvalue weighted by Gasteiger charge is 2.48. The van der Waals surface area contributed by atoms with E-state index < -0.39 is 22.2 Å². The van der Waals surface area contributed by atoms with Crippen LogP contribution in [-0.2, 0) is 10.0 Å². The van der Waals surface area contributed by atoms with Crippen molar-refractivity contribution in [1.82, 2.24) is 9.71 Å². The van der Waals surface area contributed by atoms with Crippen molar-refractivity contribution in [3.8, 4) is 0 Å². The van der Waals surface area contributed by atoms with Crippen molar-refractivity contribution >= 4 is 27.0 Å². The average molecular weight is 421 g/mol. The highest BCUT2D eigenvalue weighted by atomic mass is 32.2. The molecule has 3 rings (SSSR count). The van der Waals surface area contributed by atoms with Gasteiger partial charge in [-0.2, -0.15) is 4.79 Å². The number of quaternary nitrogens is 1. The maximum absolute atomic E-state index is 13.3. The number of likely N-dealkylation sites (tertiary alicyclic amines) is 1. The molecule has 1 aliphatic heterocycles. The number of hydrogen-bond donors (Lipinski definition) is 2. The van der Waals surface area contributed by atoms with Gasteiger partial charge in [-0.05, 0) is 31.4 Å². The number of aromatic nitrogens is 1. The SMILES string of the molecule is CC(C)C[C@@H](C[N+]1(C(=O)O)CCC[C@H]1C)NS(=O)(=O)c1cccc2cccnc12. The Kier molecular flexibility index (Phi) is 6.26. The number of benzene rings is 1. The first-order valence-electron chi connectivity index (χ1n) is 10.1. The number of carbonyl (C=O) groups is 1. The zero-order valence-electron chi connectivity index (χ0n) is 17.2. The summed E-state index contributed by atoms with van der Waals surface area (Å²) in [6.07, 6.45) is 2.93. The molecule has 2 heterocycles. The van der Waals surface area contributed by atoms with Crippen molar-refractivity contribution in [3.05, 3.63) is 36.5 Å². The summed E-state index contributed by atoms with van der Waals surface area (Å²) in [6.45, 7) is 6.74. The van der Waals surface area contributed by atoms with Gasteiger partial charge in [0.05, 0.1) is 24.1 Å². The van der Waals surface area contributed by atoms with Gasteiger partial charge in [0.2, 0.25) is 10.0 Å². The fourth-order valence-electron chi connectivity index (χ4n) is 4.47. The van der Waals surface area contributed by atoms with Gasteiger partial charge in [-0.1, -0.05) is 32.0 Å². The molecule has 8 heteroatoms. The molecule has 1 aromatic heterocycles. The number of nitrogens with one attached hydrogen (secondary N) is 1. The first-order chi connectivity index (χ1) is 13.7. The molecule has 0 saturated carbocycles. The highest BCUT2D eigenvalue weighted by molar-refractivity contribution is 7.89. The Morgan fingerprint density at radius 2 is 2.03 bits per heavy atom. The van der Waals surface area contributed by atoms with Gasteiger partial charge >= 0.3 is 6.09 Å². The standard InChI is InChI=1S/C21H29N3O4S/c1-15(2)13-18(14-24(21(25)26)12-6-7-16(24)3)23-29(27,28)19-10-4-8-17-9-5-11-22-20(17)19/h4-5,8-11,15-16,18,23H,6-7,12-14H2,1-3H3/p+1/t16-,18+,24?/m1/s1. The Hall–Kier alpha value is -2.03. The number of fused-ring (bicyclic) bond motifs is 1. The minimum Gasteiger partial charge on any atom is -0.435 e. The summed E-state index contributed by atoms with van der Waals surface area (Å²) in [7, 11) is -3.86. The summed E-state index contributed by atoms with van der Waals surface area (Å²) in [4.78, 5) is 16.5. The molecule has 0 bridgehead atoms. The first-order valence-corrected chi connectivity index (χ1v) is 11.6. The van der Waals surface area contributed by atoms with E-state index in [0.717, 1.165) is 18.2 Å². The lowest BCUT2D eigenvalue weighted by atomic mass is 10.0. The summed E-state index contributed by atoms with van der Waals surface area (Å²) < 4.78 is 29.2. The van der Waals surface area contributed by atoms with Gasteiger partial charge in [0.1, 0.15) is 11.4 Å². The molecule has 3 atom stereocenters. The molecule has 1 unspecified atom stereocenters. The maximum atomic E-state index is 13.3. The van der Waals surface area contributed by atoms with E-state index in [1.807, 2.05) is 32.9 Å². The molecule has 1 fully saturated rings. The monoisotopic (exact) mass is 420 g/mol. The van der Waals surface area contributed by atoms with Crippen LogP contribution in [-0.4, -0.2) is 54.3 Å². The number of amides is 1. The molecule has 1 aliphatic rings. The number of sulfonamides is 1. The zero-order chi connectivity index (χ0) is 21.2. The van der Waals surface area contributed by atoms with Crippen molar-refractivity contribution in [2.75, 3.05) is 13.1 Å². The zero-order valence-corrected chi connectivity index (χ0v) is 18.0. The van der Waals surface area contributed by atoms with Crippen molar-refractivity contribution in [2.45, 2.75) is 57.0 Å². The van der Waals surface area contributed by atoms with E-state index in [2.05, 4.69) is 9.71 Å². The fourth-order valence-corrected chi connectivity index (χ4v) is 5.89. The normalized spacial score (nSPS) is 23.5. The van der Waals surface area contributed by atoms with Crippen LogP contribution in [0, 0.1) is 5.92 Å². The fraction of sp³-hybridized carbons (Fsp3) is 0.524. The van der Waals surface area contributed by atoms with Crippen molar-refractivity contribution in [3.63, 3.8) is 0 Å². The molecule has 158 valence electrons. The second kappa shape index (κ2) is 8.38. The van der Waals surface area contributed by atoms with Crippen LogP contribution < -0.4 is 4.72 Å². The first kappa shape index (κ1) is 21.7. The van der Waals surface area contributed by atoms with Gasteiger partial charge in [0.15, 0.2) is 0 Å². The Morgan fingerprint density at radius 1 is 1.31 bits per heavy atom. The number of rotatable bonds is 7. The molecular formula is C21H30N3O4S+. The molecule has 1 aromatic carbocycles. The van der Waals surface area contributed by atoms with Gasteiger partial charge < -0.3 is 5.11 Å². The average Bonchev–Trinajstić information content (AvgIpc) is 3.01. The predicted octanol–water partition coefficient (Wildman–Crippen LogP) is 3.60. The van der Waals surface area contributed by atoms with E-state index in [-0.39, 0.29) is 27.9 Å². The maximum Gasteiger partial charge on any atom is 0.513 e. The number of nitrogens with zero attached hydrogens (tertiary/aromatic N) is 2. The van der Waals surface area contributed by atoms with Gasteiger partial charge in [0.25, 0.3) is 0 Å². The van der Waals surface area contributed by atoms with E-state index in [4.69, 9.17) is 0 Å². The molecule has 1 saturated heterocycles. The molecule has 7 nitrogen and oxygen atoms in total. The topological polar surface area (TPSA) is 96.4 Å². The van der Waals surface area contributed by atoms with Crippen LogP contribution in [0.3, 0.4) is 0 Å². The third-order valence-corrected chi connectivity index (χ3v) is 7.46. The molecule has 0 spiro atoms. The lowest BCUT2D eigenvalue weighted by Gasteiger charge is -2.36. The molecule has 1 amide bonds. The van der Waals surface area contributed by atoms with Crippen LogP contribution in [0.4, 0.5) is 4.79 Å².